The van der Waals surface area contributed by atoms with Gasteiger partial charge >= 0.3 is 0 Å². The summed E-state index contributed by atoms with van der Waals surface area (Å²) < 4.78 is 5.24. The van der Waals surface area contributed by atoms with Gasteiger partial charge in [-0.3, -0.25) is 0 Å². The van der Waals surface area contributed by atoms with E-state index in [1.54, 1.807) is 0 Å². The van der Waals surface area contributed by atoms with Crippen molar-refractivity contribution in [2.75, 3.05) is 27.2 Å². The Hall–Kier alpha value is -0.940. The van der Waals surface area contributed by atoms with Crippen LogP contribution in [0.4, 0.5) is 0 Å². The summed E-state index contributed by atoms with van der Waals surface area (Å²) >= 11 is 0. The molecule has 2 heterocycles. The molecule has 1 aliphatic rings. The average molecular weight is 224 g/mol. The van der Waals surface area contributed by atoms with Crippen molar-refractivity contribution in [1.29, 1.82) is 0 Å². The van der Waals surface area contributed by atoms with Crippen LogP contribution in [0.25, 0.3) is 0 Å². The van der Waals surface area contributed by atoms with E-state index in [9.17, 15) is 0 Å². The molecule has 1 unspecified atom stereocenters. The van der Waals surface area contributed by atoms with Gasteiger partial charge < -0.3 is 14.7 Å². The fourth-order valence-corrected chi connectivity index (χ4v) is 1.90. The summed E-state index contributed by atoms with van der Waals surface area (Å²) in [7, 11) is 4.08. The van der Waals surface area contributed by atoms with Crippen molar-refractivity contribution in [3.05, 3.63) is 11.7 Å². The minimum Gasteiger partial charge on any atom is -0.339 e. The quantitative estimate of drug-likeness (QED) is 0.826. The van der Waals surface area contributed by atoms with E-state index in [4.69, 9.17) is 4.52 Å². The molecule has 1 saturated heterocycles. The van der Waals surface area contributed by atoms with Gasteiger partial charge in [0.05, 0.1) is 6.04 Å². The van der Waals surface area contributed by atoms with Crippen LogP contribution < -0.4 is 5.32 Å². The Balaban J connectivity index is 1.90. The lowest BCUT2D eigenvalue weighted by molar-refractivity contribution is 0.332. The van der Waals surface area contributed by atoms with Gasteiger partial charge in [-0.1, -0.05) is 11.6 Å². The van der Waals surface area contributed by atoms with Crippen molar-refractivity contribution in [1.82, 2.24) is 20.4 Å². The van der Waals surface area contributed by atoms with Crippen LogP contribution >= 0.6 is 0 Å². The second kappa shape index (κ2) is 5.41. The molecule has 5 nitrogen and oxygen atoms in total. The van der Waals surface area contributed by atoms with Crippen molar-refractivity contribution in [3.63, 3.8) is 0 Å². The summed E-state index contributed by atoms with van der Waals surface area (Å²) in [6, 6.07) is 0.297. The van der Waals surface area contributed by atoms with Crippen molar-refractivity contribution >= 4 is 0 Å². The maximum atomic E-state index is 5.24. The number of piperidine rings is 1. The number of rotatable bonds is 4. The zero-order valence-electron chi connectivity index (χ0n) is 10.1. The highest BCUT2D eigenvalue weighted by Crippen LogP contribution is 2.20. The molecule has 90 valence electrons. The van der Waals surface area contributed by atoms with Gasteiger partial charge in [0.25, 0.3) is 0 Å². The maximum Gasteiger partial charge on any atom is 0.227 e. The second-order valence-corrected chi connectivity index (χ2v) is 4.60. The first-order valence-corrected chi connectivity index (χ1v) is 5.96. The molecule has 0 aromatic carbocycles. The standard InChI is InChI=1S/C11H20N4O/c1-15(2)8-6-10-13-11(14-16-10)9-5-3-4-7-12-9/h9,12H,3-8H2,1-2H3. The van der Waals surface area contributed by atoms with Gasteiger partial charge in [-0.2, -0.15) is 4.98 Å². The van der Waals surface area contributed by atoms with Crippen molar-refractivity contribution in [2.24, 2.45) is 0 Å². The van der Waals surface area contributed by atoms with Gasteiger partial charge in [0, 0.05) is 13.0 Å². The number of likely N-dealkylation sites (N-methyl/N-ethyl adjacent to an activating group) is 1. The third-order valence-corrected chi connectivity index (χ3v) is 2.88. The normalized spacial score (nSPS) is 21.6. The van der Waals surface area contributed by atoms with E-state index in [1.165, 1.54) is 12.8 Å². The van der Waals surface area contributed by atoms with Crippen LogP contribution in [0, 0.1) is 0 Å². The van der Waals surface area contributed by atoms with E-state index in [0.29, 0.717) is 6.04 Å². The fraction of sp³-hybridized carbons (Fsp3) is 0.818. The Morgan fingerprint density at radius 2 is 2.31 bits per heavy atom. The van der Waals surface area contributed by atoms with Crippen LogP contribution in [-0.4, -0.2) is 42.2 Å². The molecule has 1 atom stereocenters. The molecule has 0 amide bonds. The van der Waals surface area contributed by atoms with E-state index in [0.717, 1.165) is 37.6 Å². The van der Waals surface area contributed by atoms with Gasteiger partial charge in [0.2, 0.25) is 5.89 Å². The first kappa shape index (κ1) is 11.5. The summed E-state index contributed by atoms with van der Waals surface area (Å²) in [6.45, 7) is 2.01. The summed E-state index contributed by atoms with van der Waals surface area (Å²) in [4.78, 5) is 6.55. The Kier molecular flexibility index (Phi) is 3.90. The van der Waals surface area contributed by atoms with Gasteiger partial charge in [0.15, 0.2) is 5.82 Å². The van der Waals surface area contributed by atoms with Crippen LogP contribution in [0.15, 0.2) is 4.52 Å². The number of nitrogens with one attached hydrogen (secondary N) is 1. The smallest absolute Gasteiger partial charge is 0.227 e. The van der Waals surface area contributed by atoms with Gasteiger partial charge in [0.1, 0.15) is 0 Å². The zero-order valence-corrected chi connectivity index (χ0v) is 10.1. The molecule has 0 saturated carbocycles. The SMILES string of the molecule is CN(C)CCc1nc(C2CCCCN2)no1. The summed E-state index contributed by atoms with van der Waals surface area (Å²) in [6.07, 6.45) is 4.44. The average Bonchev–Trinajstić information content (AvgIpc) is 2.76. The van der Waals surface area contributed by atoms with E-state index >= 15 is 0 Å². The summed E-state index contributed by atoms with van der Waals surface area (Å²) in [5.41, 5.74) is 0. The van der Waals surface area contributed by atoms with Gasteiger partial charge in [-0.25, -0.2) is 0 Å². The van der Waals surface area contributed by atoms with E-state index in [-0.39, 0.29) is 0 Å². The van der Waals surface area contributed by atoms with Crippen LogP contribution in [-0.2, 0) is 6.42 Å². The molecule has 0 aliphatic carbocycles. The first-order chi connectivity index (χ1) is 7.75. The van der Waals surface area contributed by atoms with E-state index < -0.39 is 0 Å². The molecule has 2 rings (SSSR count). The lowest BCUT2D eigenvalue weighted by Crippen LogP contribution is -2.27. The lowest BCUT2D eigenvalue weighted by Gasteiger charge is -2.19. The topological polar surface area (TPSA) is 54.2 Å². The Morgan fingerprint density at radius 1 is 1.44 bits per heavy atom. The third-order valence-electron chi connectivity index (χ3n) is 2.88. The van der Waals surface area contributed by atoms with Crippen LogP contribution in [0.2, 0.25) is 0 Å². The molecule has 0 spiro atoms. The summed E-state index contributed by atoms with van der Waals surface area (Å²) in [5, 5.41) is 7.47. The minimum atomic E-state index is 0.297. The Morgan fingerprint density at radius 3 is 3.00 bits per heavy atom. The minimum absolute atomic E-state index is 0.297. The molecular formula is C11H20N4O. The van der Waals surface area contributed by atoms with E-state index in [2.05, 4.69) is 20.4 Å². The number of hydrogen-bond acceptors (Lipinski definition) is 5. The van der Waals surface area contributed by atoms with Crippen molar-refractivity contribution < 1.29 is 4.52 Å². The highest BCUT2D eigenvalue weighted by Gasteiger charge is 2.20. The van der Waals surface area contributed by atoms with E-state index in [1.807, 2.05) is 14.1 Å². The lowest BCUT2D eigenvalue weighted by atomic mass is 10.0. The molecule has 1 aliphatic heterocycles. The van der Waals surface area contributed by atoms with Crippen LogP contribution in [0.3, 0.4) is 0 Å². The molecule has 0 bridgehead atoms. The second-order valence-electron chi connectivity index (χ2n) is 4.60. The molecule has 1 aromatic rings. The molecule has 5 heteroatoms. The first-order valence-electron chi connectivity index (χ1n) is 5.96. The zero-order chi connectivity index (χ0) is 11.4. The fourth-order valence-electron chi connectivity index (χ4n) is 1.90. The van der Waals surface area contributed by atoms with Crippen molar-refractivity contribution in [2.45, 2.75) is 31.7 Å². The number of hydrogen-bond donors (Lipinski definition) is 1. The molecule has 0 radical (unpaired) electrons. The Bertz CT molecular complexity index is 318. The molecule has 1 aromatic heterocycles. The van der Waals surface area contributed by atoms with Gasteiger partial charge in [-0.05, 0) is 33.5 Å². The highest BCUT2D eigenvalue weighted by atomic mass is 16.5. The molecule has 1 fully saturated rings. The Labute approximate surface area is 96.2 Å². The van der Waals surface area contributed by atoms with Gasteiger partial charge in [-0.15, -0.1) is 0 Å². The highest BCUT2D eigenvalue weighted by molar-refractivity contribution is 4.95. The maximum absolute atomic E-state index is 5.24. The van der Waals surface area contributed by atoms with Crippen LogP contribution in [0.5, 0.6) is 0 Å². The van der Waals surface area contributed by atoms with Crippen molar-refractivity contribution in [3.8, 4) is 0 Å². The van der Waals surface area contributed by atoms with Crippen LogP contribution in [0.1, 0.15) is 37.0 Å². The largest absolute Gasteiger partial charge is 0.339 e. The molecular weight excluding hydrogens is 204 g/mol. The predicted octanol–water partition coefficient (Wildman–Crippen LogP) is 0.988. The monoisotopic (exact) mass is 224 g/mol. The predicted molar refractivity (Wildman–Crippen MR) is 61.2 cm³/mol. The third kappa shape index (κ3) is 3.02. The number of nitrogens with zero attached hydrogens (tertiary/aromatic N) is 3. The number of aromatic nitrogens is 2. The molecule has 1 N–H and O–H groups in total. The summed E-state index contributed by atoms with van der Waals surface area (Å²) in [5.74, 6) is 1.57. The molecule has 16 heavy (non-hydrogen) atoms.